The van der Waals surface area contributed by atoms with Crippen molar-refractivity contribution >= 4 is 20.0 Å². The first-order chi connectivity index (χ1) is 10.2. The van der Waals surface area contributed by atoms with Gasteiger partial charge in [0, 0.05) is 26.4 Å². The lowest BCUT2D eigenvalue weighted by Crippen LogP contribution is -2.50. The van der Waals surface area contributed by atoms with E-state index in [9.17, 15) is 0 Å². The summed E-state index contributed by atoms with van der Waals surface area (Å²) in [4.78, 5) is 0. The summed E-state index contributed by atoms with van der Waals surface area (Å²) in [7, 11) is -2.94. The van der Waals surface area contributed by atoms with E-state index in [1.54, 1.807) is 0 Å². The topological polar surface area (TPSA) is 36.9 Å². The Morgan fingerprint density at radius 3 is 0.909 bits per heavy atom. The Hall–Kier alpha value is 0.274. The van der Waals surface area contributed by atoms with Crippen LogP contribution >= 0.6 is 0 Å². The molecule has 0 aliphatic heterocycles. The molecule has 0 spiro atoms. The highest BCUT2D eigenvalue weighted by molar-refractivity contribution is 6.53. The van der Waals surface area contributed by atoms with E-state index in [-0.39, 0.29) is 11.0 Å². The quantitative estimate of drug-likeness (QED) is 0.316. The van der Waals surface area contributed by atoms with Crippen LogP contribution in [0.2, 0.25) is 0 Å². The third-order valence-corrected chi connectivity index (χ3v) is 5.34. The third-order valence-electron chi connectivity index (χ3n) is 3.11. The molecule has 0 saturated carbocycles. The van der Waals surface area contributed by atoms with Gasteiger partial charge in [-0.15, -0.1) is 0 Å². The molecule has 0 fully saturated rings. The minimum absolute atomic E-state index is 0. The van der Waals surface area contributed by atoms with Crippen LogP contribution in [0.1, 0.15) is 79.1 Å². The van der Waals surface area contributed by atoms with Gasteiger partial charge in [0.15, 0.2) is 0 Å². The Labute approximate surface area is 143 Å². The lowest BCUT2D eigenvalue weighted by molar-refractivity contribution is -0.0368. The van der Waals surface area contributed by atoms with Gasteiger partial charge in [0.25, 0.3) is 0 Å². The molecule has 4 nitrogen and oxygen atoms in total. The molecule has 22 heavy (non-hydrogen) atoms. The molecule has 0 aromatic carbocycles. The molecule has 0 amide bonds. The highest BCUT2D eigenvalue weighted by Crippen LogP contribution is 2.15. The Morgan fingerprint density at radius 1 is 0.500 bits per heavy atom. The highest BCUT2D eigenvalue weighted by atomic mass is 28.4. The second kappa shape index (κ2) is 17.6. The minimum Gasteiger partial charge on any atom is -0.351 e. The van der Waals surface area contributed by atoms with Crippen molar-refractivity contribution in [1.82, 2.24) is 0 Å². The van der Waals surface area contributed by atoms with Crippen LogP contribution < -0.4 is 0 Å². The molecule has 0 unspecified atom stereocenters. The maximum absolute atomic E-state index is 5.98. The molecule has 136 valence electrons. The average molecular weight is 353 g/mol. The Balaban J connectivity index is 0. The summed E-state index contributed by atoms with van der Waals surface area (Å²) in [5.41, 5.74) is 0. The highest BCUT2D eigenvalue weighted by Gasteiger charge is 2.45. The normalized spacial score (nSPS) is 11.5. The fourth-order valence-corrected chi connectivity index (χ4v) is 3.69. The van der Waals surface area contributed by atoms with E-state index in [0.717, 1.165) is 51.4 Å². The van der Waals surface area contributed by atoms with Crippen LogP contribution in [0, 0.1) is 0 Å². The van der Waals surface area contributed by atoms with Crippen molar-refractivity contribution < 1.29 is 17.7 Å². The lowest BCUT2D eigenvalue weighted by Gasteiger charge is -2.28. The Morgan fingerprint density at radius 2 is 0.727 bits per heavy atom. The molecule has 0 N–H and O–H groups in total. The van der Waals surface area contributed by atoms with E-state index in [2.05, 4.69) is 27.7 Å². The van der Waals surface area contributed by atoms with Gasteiger partial charge in [-0.25, -0.2) is 0 Å². The van der Waals surface area contributed by atoms with Crippen molar-refractivity contribution in [3.63, 3.8) is 0 Å². The standard InChI is InChI=1S/C16H36O4Si.H4Si/c1-5-9-13-17-21(18-14-10-6-2,19-15-11-7-3)20-16-12-8-4;/h5-16H2,1-4H3;1H4. The zero-order chi connectivity index (χ0) is 15.8. The van der Waals surface area contributed by atoms with Crippen LogP contribution in [-0.4, -0.2) is 46.4 Å². The number of hydrogen-bond donors (Lipinski definition) is 0. The fourth-order valence-electron chi connectivity index (χ4n) is 1.62. The van der Waals surface area contributed by atoms with Gasteiger partial charge in [0.2, 0.25) is 0 Å². The molecule has 0 radical (unpaired) electrons. The van der Waals surface area contributed by atoms with Gasteiger partial charge in [-0.1, -0.05) is 53.4 Å². The Kier molecular flexibility index (Phi) is 19.6. The van der Waals surface area contributed by atoms with Crippen molar-refractivity contribution in [1.29, 1.82) is 0 Å². The van der Waals surface area contributed by atoms with Crippen molar-refractivity contribution in [3.8, 4) is 0 Å². The lowest BCUT2D eigenvalue weighted by atomic mass is 10.4. The summed E-state index contributed by atoms with van der Waals surface area (Å²) in [6, 6.07) is 0. The summed E-state index contributed by atoms with van der Waals surface area (Å²) in [5, 5.41) is 0. The maximum Gasteiger partial charge on any atom is 0.679 e. The van der Waals surface area contributed by atoms with Crippen LogP contribution in [-0.2, 0) is 17.7 Å². The Bertz CT molecular complexity index is 173. The summed E-state index contributed by atoms with van der Waals surface area (Å²) < 4.78 is 23.9. The van der Waals surface area contributed by atoms with E-state index >= 15 is 0 Å². The van der Waals surface area contributed by atoms with E-state index in [1.807, 2.05) is 0 Å². The summed E-state index contributed by atoms with van der Waals surface area (Å²) in [6.07, 6.45) is 8.46. The van der Waals surface area contributed by atoms with Gasteiger partial charge < -0.3 is 17.7 Å². The van der Waals surface area contributed by atoms with Crippen LogP contribution in [0.4, 0.5) is 0 Å². The van der Waals surface area contributed by atoms with E-state index in [1.165, 1.54) is 0 Å². The predicted octanol–water partition coefficient (Wildman–Crippen LogP) is 3.24. The molecule has 0 aliphatic rings. The van der Waals surface area contributed by atoms with Crippen molar-refractivity contribution in [2.45, 2.75) is 79.1 Å². The maximum atomic E-state index is 5.98. The molecule has 0 saturated heterocycles. The first-order valence-electron chi connectivity index (χ1n) is 8.80. The van der Waals surface area contributed by atoms with E-state index in [4.69, 9.17) is 17.7 Å². The predicted molar refractivity (Wildman–Crippen MR) is 101 cm³/mol. The fraction of sp³-hybridized carbons (Fsp3) is 1.00. The third kappa shape index (κ3) is 12.8. The van der Waals surface area contributed by atoms with Crippen molar-refractivity contribution in [2.24, 2.45) is 0 Å². The van der Waals surface area contributed by atoms with Gasteiger partial charge in [0.05, 0.1) is 0 Å². The molecule has 0 aliphatic carbocycles. The molecule has 0 atom stereocenters. The SMILES string of the molecule is CCCCO[Si](OCCCC)(OCCCC)OCCCC.[SiH4]. The van der Waals surface area contributed by atoms with Crippen LogP contribution in [0.3, 0.4) is 0 Å². The first-order valence-corrected chi connectivity index (χ1v) is 10.4. The van der Waals surface area contributed by atoms with Gasteiger partial charge in [0.1, 0.15) is 0 Å². The average Bonchev–Trinajstić information content (AvgIpc) is 2.48. The first kappa shape index (κ1) is 24.5. The van der Waals surface area contributed by atoms with Crippen molar-refractivity contribution in [2.75, 3.05) is 26.4 Å². The molecule has 0 bridgehead atoms. The zero-order valence-electron chi connectivity index (χ0n) is 14.6. The molecule has 6 heteroatoms. The van der Waals surface area contributed by atoms with Gasteiger partial charge >= 0.3 is 9.05 Å². The summed E-state index contributed by atoms with van der Waals surface area (Å²) >= 11 is 0. The smallest absolute Gasteiger partial charge is 0.351 e. The largest absolute Gasteiger partial charge is 0.679 e. The molecular formula is C16H40O4Si2. The molecule has 0 aromatic heterocycles. The number of rotatable bonds is 16. The van der Waals surface area contributed by atoms with Gasteiger partial charge in [-0.05, 0) is 36.6 Å². The number of unbranched alkanes of at least 4 members (excludes halogenated alkanes) is 4. The molecule has 0 rings (SSSR count). The van der Waals surface area contributed by atoms with Crippen molar-refractivity contribution in [3.05, 3.63) is 0 Å². The van der Waals surface area contributed by atoms with Gasteiger partial charge in [-0.3, -0.25) is 0 Å². The number of hydrogen-bond acceptors (Lipinski definition) is 4. The zero-order valence-corrected chi connectivity index (χ0v) is 15.6. The molecule has 0 aromatic rings. The molecule has 0 heterocycles. The van der Waals surface area contributed by atoms with E-state index < -0.39 is 9.05 Å². The van der Waals surface area contributed by atoms with E-state index in [0.29, 0.717) is 26.4 Å². The summed E-state index contributed by atoms with van der Waals surface area (Å²) in [5.74, 6) is 0. The minimum atomic E-state index is -2.94. The second-order valence-corrected chi connectivity index (χ2v) is 7.46. The van der Waals surface area contributed by atoms with Crippen LogP contribution in [0.25, 0.3) is 0 Å². The van der Waals surface area contributed by atoms with Gasteiger partial charge in [-0.2, -0.15) is 0 Å². The second-order valence-electron chi connectivity index (χ2n) is 5.31. The monoisotopic (exact) mass is 352 g/mol. The van der Waals surface area contributed by atoms with Crippen LogP contribution in [0.15, 0.2) is 0 Å². The summed E-state index contributed by atoms with van der Waals surface area (Å²) in [6.45, 7) is 11.3. The molecular weight excluding hydrogens is 312 g/mol. The van der Waals surface area contributed by atoms with Crippen LogP contribution in [0.5, 0.6) is 0 Å².